The number of carbonyl (C=O) groups is 1. The number of hydrogen-bond acceptors (Lipinski definition) is 5. The molecule has 0 saturated carbocycles. The number of rotatable bonds is 7. The lowest BCUT2D eigenvalue weighted by Gasteiger charge is -2.42. The first-order valence-corrected chi connectivity index (χ1v) is 11.3. The van der Waals surface area contributed by atoms with Gasteiger partial charge in [0.15, 0.2) is 0 Å². The lowest BCUT2D eigenvalue weighted by Crippen LogP contribution is -2.56. The molecule has 1 aromatic heterocycles. The molecule has 1 unspecified atom stereocenters. The van der Waals surface area contributed by atoms with Gasteiger partial charge in [0.2, 0.25) is 0 Å². The highest BCUT2D eigenvalue weighted by molar-refractivity contribution is 5.98. The van der Waals surface area contributed by atoms with Gasteiger partial charge in [0.1, 0.15) is 5.84 Å². The molecule has 8 heteroatoms. The van der Waals surface area contributed by atoms with Gasteiger partial charge < -0.3 is 15.7 Å². The van der Waals surface area contributed by atoms with Crippen molar-refractivity contribution in [3.8, 4) is 0 Å². The van der Waals surface area contributed by atoms with E-state index in [4.69, 9.17) is 11.1 Å². The predicted octanol–water partition coefficient (Wildman–Crippen LogP) is 2.13. The summed E-state index contributed by atoms with van der Waals surface area (Å²) in [6.45, 7) is 4.64. The van der Waals surface area contributed by atoms with Crippen LogP contribution in [-0.4, -0.2) is 71.1 Å². The van der Waals surface area contributed by atoms with Gasteiger partial charge >= 0.3 is 6.03 Å². The van der Waals surface area contributed by atoms with E-state index in [2.05, 4.69) is 16.0 Å². The van der Waals surface area contributed by atoms with Crippen molar-refractivity contribution < 1.29 is 9.90 Å². The summed E-state index contributed by atoms with van der Waals surface area (Å²) in [4.78, 5) is 23.8. The van der Waals surface area contributed by atoms with Crippen LogP contribution in [0, 0.1) is 17.2 Å². The van der Waals surface area contributed by atoms with Crippen molar-refractivity contribution in [2.45, 2.75) is 19.4 Å². The number of benzene rings is 1. The highest BCUT2D eigenvalue weighted by atomic mass is 16.3. The Labute approximate surface area is 189 Å². The number of nitrogens with one attached hydrogen (secondary N) is 1. The lowest BCUT2D eigenvalue weighted by atomic mass is 9.95. The number of hydrogen-bond donors (Lipinski definition) is 3. The summed E-state index contributed by atoms with van der Waals surface area (Å²) in [5.41, 5.74) is 8.03. The molecule has 0 spiro atoms. The van der Waals surface area contributed by atoms with Crippen LogP contribution in [0.1, 0.15) is 24.1 Å². The van der Waals surface area contributed by atoms with Crippen molar-refractivity contribution in [2.75, 3.05) is 44.2 Å². The molecule has 32 heavy (non-hydrogen) atoms. The molecule has 2 fully saturated rings. The predicted molar refractivity (Wildman–Crippen MR) is 125 cm³/mol. The third-order valence-electron chi connectivity index (χ3n) is 6.45. The molecule has 0 bridgehead atoms. The van der Waals surface area contributed by atoms with Crippen molar-refractivity contribution in [3.63, 3.8) is 0 Å². The third-order valence-corrected chi connectivity index (χ3v) is 6.45. The fourth-order valence-corrected chi connectivity index (χ4v) is 4.64. The molecular weight excluding hydrogens is 404 g/mol. The normalized spacial score (nSPS) is 20.5. The van der Waals surface area contributed by atoms with Gasteiger partial charge in [0.05, 0.1) is 5.69 Å². The van der Waals surface area contributed by atoms with E-state index in [1.54, 1.807) is 17.0 Å². The number of piperidine rings is 1. The van der Waals surface area contributed by atoms with Gasteiger partial charge in [-0.25, -0.2) is 4.79 Å². The molecule has 3 heterocycles. The van der Waals surface area contributed by atoms with Gasteiger partial charge in [0.25, 0.3) is 0 Å². The molecule has 0 radical (unpaired) electrons. The SMILES string of the molecule is N=C(N)c1cccc(N2CC(CO)CN(CC3CCN(Cc4ccccn4)CC3)C2=O)c1. The van der Waals surface area contributed by atoms with Crippen LogP contribution in [0.2, 0.25) is 0 Å². The molecule has 1 atom stereocenters. The van der Waals surface area contributed by atoms with Crippen LogP contribution < -0.4 is 10.6 Å². The summed E-state index contributed by atoms with van der Waals surface area (Å²) in [5.74, 6) is 0.420. The number of pyridine rings is 1. The summed E-state index contributed by atoms with van der Waals surface area (Å²) in [7, 11) is 0. The first kappa shape index (κ1) is 22.2. The Morgan fingerprint density at radius 1 is 1.12 bits per heavy atom. The minimum atomic E-state index is -0.0358. The smallest absolute Gasteiger partial charge is 0.324 e. The number of amides is 2. The lowest BCUT2D eigenvalue weighted by molar-refractivity contribution is 0.114. The van der Waals surface area contributed by atoms with E-state index in [1.807, 2.05) is 35.4 Å². The first-order chi connectivity index (χ1) is 15.5. The first-order valence-electron chi connectivity index (χ1n) is 11.3. The maximum atomic E-state index is 13.3. The Morgan fingerprint density at radius 3 is 2.62 bits per heavy atom. The average molecular weight is 437 g/mol. The van der Waals surface area contributed by atoms with Crippen LogP contribution in [0.25, 0.3) is 0 Å². The van der Waals surface area contributed by atoms with E-state index in [0.717, 1.165) is 43.9 Å². The van der Waals surface area contributed by atoms with Gasteiger partial charge in [-0.15, -0.1) is 0 Å². The second-order valence-electron chi connectivity index (χ2n) is 8.85. The highest BCUT2D eigenvalue weighted by Crippen LogP contribution is 2.26. The molecule has 8 nitrogen and oxygen atoms in total. The van der Waals surface area contributed by atoms with Crippen molar-refractivity contribution >= 4 is 17.6 Å². The zero-order valence-electron chi connectivity index (χ0n) is 18.4. The number of nitrogens with zero attached hydrogens (tertiary/aromatic N) is 4. The van der Waals surface area contributed by atoms with E-state index >= 15 is 0 Å². The molecule has 2 amide bonds. The van der Waals surface area contributed by atoms with Gasteiger partial charge in [-0.2, -0.15) is 0 Å². The van der Waals surface area contributed by atoms with Crippen LogP contribution in [0.4, 0.5) is 10.5 Å². The number of urea groups is 1. The van der Waals surface area contributed by atoms with Crippen molar-refractivity contribution in [1.82, 2.24) is 14.8 Å². The van der Waals surface area contributed by atoms with Gasteiger partial charge in [0, 0.05) is 56.2 Å². The van der Waals surface area contributed by atoms with Crippen LogP contribution in [0.3, 0.4) is 0 Å². The molecule has 4 N–H and O–H groups in total. The number of amidine groups is 1. The van der Waals surface area contributed by atoms with Crippen molar-refractivity contribution in [3.05, 3.63) is 59.9 Å². The van der Waals surface area contributed by atoms with Gasteiger partial charge in [-0.1, -0.05) is 18.2 Å². The second-order valence-corrected chi connectivity index (χ2v) is 8.85. The third kappa shape index (κ3) is 5.26. The number of likely N-dealkylation sites (tertiary alicyclic amines) is 1. The Morgan fingerprint density at radius 2 is 1.94 bits per heavy atom. The molecule has 1 aromatic carbocycles. The molecule has 0 aliphatic carbocycles. The minimum absolute atomic E-state index is 0.00192. The van der Waals surface area contributed by atoms with Crippen molar-refractivity contribution in [1.29, 1.82) is 5.41 Å². The summed E-state index contributed by atoms with van der Waals surface area (Å²) < 4.78 is 0. The van der Waals surface area contributed by atoms with E-state index in [1.165, 1.54) is 0 Å². The van der Waals surface area contributed by atoms with E-state index in [9.17, 15) is 9.90 Å². The maximum Gasteiger partial charge on any atom is 0.324 e. The number of aromatic nitrogens is 1. The molecule has 2 aliphatic rings. The number of aliphatic hydroxyl groups is 1. The number of nitrogen functional groups attached to an aromatic ring is 1. The Bertz CT molecular complexity index is 929. The second kappa shape index (κ2) is 10.1. The van der Waals surface area contributed by atoms with Gasteiger partial charge in [-0.05, 0) is 56.1 Å². The molecular formula is C24H32N6O2. The average Bonchev–Trinajstić information content (AvgIpc) is 2.82. The summed E-state index contributed by atoms with van der Waals surface area (Å²) >= 11 is 0. The van der Waals surface area contributed by atoms with E-state index in [-0.39, 0.29) is 24.4 Å². The molecule has 2 saturated heterocycles. The molecule has 2 aromatic rings. The number of nitrogens with two attached hydrogens (primary N) is 1. The summed E-state index contributed by atoms with van der Waals surface area (Å²) in [6.07, 6.45) is 3.92. The van der Waals surface area contributed by atoms with Crippen LogP contribution >= 0.6 is 0 Å². The summed E-state index contributed by atoms with van der Waals surface area (Å²) in [6, 6.07) is 13.2. The topological polar surface area (TPSA) is 110 Å². The molecule has 4 rings (SSSR count). The molecule has 2 aliphatic heterocycles. The van der Waals surface area contributed by atoms with Gasteiger partial charge in [-0.3, -0.25) is 20.2 Å². The Balaban J connectivity index is 1.38. The van der Waals surface area contributed by atoms with Crippen LogP contribution in [0.15, 0.2) is 48.7 Å². The zero-order valence-corrected chi connectivity index (χ0v) is 18.4. The fourth-order valence-electron chi connectivity index (χ4n) is 4.64. The quantitative estimate of drug-likeness (QED) is 0.455. The number of aliphatic hydroxyl groups excluding tert-OH is 1. The highest BCUT2D eigenvalue weighted by Gasteiger charge is 2.34. The van der Waals surface area contributed by atoms with Crippen molar-refractivity contribution in [2.24, 2.45) is 17.6 Å². The van der Waals surface area contributed by atoms with Crippen LogP contribution in [0.5, 0.6) is 0 Å². The zero-order chi connectivity index (χ0) is 22.5. The van der Waals surface area contributed by atoms with E-state index < -0.39 is 0 Å². The Hall–Kier alpha value is -2.97. The monoisotopic (exact) mass is 436 g/mol. The fraction of sp³-hybridized carbons (Fsp3) is 0.458. The number of anilines is 1. The van der Waals surface area contributed by atoms with Crippen LogP contribution in [-0.2, 0) is 6.54 Å². The standard InChI is InChI=1S/C24H32N6O2/c25-23(26)20-4-3-6-22(12-20)30-15-19(17-31)14-29(24(30)32)13-18-7-10-28(11-8-18)16-21-5-1-2-9-27-21/h1-6,9,12,18-19,31H,7-8,10-11,13-17H2,(H3,25,26). The summed E-state index contributed by atoms with van der Waals surface area (Å²) in [5, 5.41) is 17.5. The van der Waals surface area contributed by atoms with E-state index in [0.29, 0.717) is 31.1 Å². The number of carbonyl (C=O) groups excluding carboxylic acids is 1. The Kier molecular flexibility index (Phi) is 7.02. The minimum Gasteiger partial charge on any atom is -0.396 e. The molecule has 170 valence electrons. The largest absolute Gasteiger partial charge is 0.396 e. The maximum absolute atomic E-state index is 13.3.